The van der Waals surface area contributed by atoms with Crippen molar-refractivity contribution < 1.29 is 4.79 Å². The van der Waals surface area contributed by atoms with Crippen LogP contribution in [-0.2, 0) is 4.79 Å². The van der Waals surface area contributed by atoms with Crippen LogP contribution in [0, 0.1) is 5.41 Å². The van der Waals surface area contributed by atoms with E-state index < -0.39 is 0 Å². The van der Waals surface area contributed by atoms with Gasteiger partial charge in [-0.3, -0.25) is 10.2 Å². The molecule has 0 aliphatic heterocycles. The van der Waals surface area contributed by atoms with Crippen molar-refractivity contribution >= 4 is 64.1 Å². The van der Waals surface area contributed by atoms with Crippen LogP contribution in [0.25, 0.3) is 0 Å². The maximum atomic E-state index is 11.4. The van der Waals surface area contributed by atoms with Crippen molar-refractivity contribution in [3.63, 3.8) is 0 Å². The van der Waals surface area contributed by atoms with Gasteiger partial charge in [-0.2, -0.15) is 0 Å². The summed E-state index contributed by atoms with van der Waals surface area (Å²) in [5, 5.41) is 10.3. The quantitative estimate of drug-likeness (QED) is 0.593. The van der Waals surface area contributed by atoms with Crippen LogP contribution >= 0.6 is 47.4 Å². The molecule has 1 rings (SSSR count). The molecule has 0 bridgehead atoms. The van der Waals surface area contributed by atoms with Gasteiger partial charge < -0.3 is 11.1 Å². The Bertz CT molecular complexity index is 428. The van der Waals surface area contributed by atoms with E-state index in [-0.39, 0.29) is 29.2 Å². The van der Waals surface area contributed by atoms with E-state index in [1.807, 2.05) is 0 Å². The molecule has 0 saturated carbocycles. The lowest BCUT2D eigenvalue weighted by Crippen LogP contribution is -2.17. The number of carbonyl (C=O) groups is 1. The summed E-state index contributed by atoms with van der Waals surface area (Å²) in [7, 11) is 0. The number of thioether (sulfide) groups is 1. The van der Waals surface area contributed by atoms with Gasteiger partial charge in [0.15, 0.2) is 5.17 Å². The highest BCUT2D eigenvalue weighted by molar-refractivity contribution is 8.14. The zero-order chi connectivity index (χ0) is 12.1. The van der Waals surface area contributed by atoms with E-state index in [0.29, 0.717) is 15.7 Å². The van der Waals surface area contributed by atoms with Gasteiger partial charge >= 0.3 is 0 Å². The molecular formula is C9H10Cl3N3OS. The summed E-state index contributed by atoms with van der Waals surface area (Å²) in [5.74, 6) is -0.158. The monoisotopic (exact) mass is 313 g/mol. The van der Waals surface area contributed by atoms with Gasteiger partial charge in [0.2, 0.25) is 5.91 Å². The lowest BCUT2D eigenvalue weighted by atomic mass is 10.3. The van der Waals surface area contributed by atoms with Crippen LogP contribution in [-0.4, -0.2) is 16.8 Å². The number of hydrogen-bond acceptors (Lipinski definition) is 3. The molecule has 0 fully saturated rings. The SMILES string of the molecule is Cl.N=C(N)SCC(=O)Nc1ccc(Cl)c(Cl)c1. The van der Waals surface area contributed by atoms with E-state index in [2.05, 4.69) is 5.32 Å². The summed E-state index contributed by atoms with van der Waals surface area (Å²) in [4.78, 5) is 11.4. The van der Waals surface area contributed by atoms with Gasteiger partial charge in [-0.25, -0.2) is 0 Å². The van der Waals surface area contributed by atoms with Crippen molar-refractivity contribution in [3.05, 3.63) is 28.2 Å². The summed E-state index contributed by atoms with van der Waals surface area (Å²) in [6.45, 7) is 0. The molecule has 0 heterocycles. The predicted octanol–water partition coefficient (Wildman–Crippen LogP) is 2.98. The molecule has 1 amide bonds. The molecule has 0 spiro atoms. The van der Waals surface area contributed by atoms with Crippen LogP contribution in [0.2, 0.25) is 10.0 Å². The van der Waals surface area contributed by atoms with Crippen LogP contribution in [0.1, 0.15) is 0 Å². The Labute approximate surface area is 119 Å². The number of carbonyl (C=O) groups excluding carboxylic acids is 1. The summed E-state index contributed by atoms with van der Waals surface area (Å²) >= 11 is 12.5. The predicted molar refractivity (Wildman–Crippen MR) is 76.7 cm³/mol. The second-order valence-electron chi connectivity index (χ2n) is 2.83. The average molecular weight is 315 g/mol. The number of benzene rings is 1. The third-order valence-corrected chi connectivity index (χ3v) is 3.02. The van der Waals surface area contributed by atoms with Crippen LogP contribution in [0.3, 0.4) is 0 Å². The molecule has 94 valence electrons. The molecule has 0 aromatic heterocycles. The van der Waals surface area contributed by atoms with Gasteiger partial charge in [-0.15, -0.1) is 12.4 Å². The maximum Gasteiger partial charge on any atom is 0.234 e. The second kappa shape index (κ2) is 7.66. The number of amides is 1. The summed E-state index contributed by atoms with van der Waals surface area (Å²) in [6, 6.07) is 4.79. The minimum absolute atomic E-state index is 0. The minimum atomic E-state index is -0.251. The van der Waals surface area contributed by atoms with E-state index in [4.69, 9.17) is 34.3 Å². The number of hydrogen-bond donors (Lipinski definition) is 3. The molecule has 0 aliphatic rings. The largest absolute Gasteiger partial charge is 0.379 e. The van der Waals surface area contributed by atoms with E-state index in [9.17, 15) is 4.79 Å². The number of rotatable bonds is 3. The van der Waals surface area contributed by atoms with Gasteiger partial charge in [0.05, 0.1) is 15.8 Å². The highest BCUT2D eigenvalue weighted by Crippen LogP contribution is 2.24. The average Bonchev–Trinajstić information content (AvgIpc) is 2.21. The van der Waals surface area contributed by atoms with Gasteiger partial charge in [0.1, 0.15) is 0 Å². The second-order valence-corrected chi connectivity index (χ2v) is 4.66. The topological polar surface area (TPSA) is 79.0 Å². The molecule has 0 saturated heterocycles. The fourth-order valence-electron chi connectivity index (χ4n) is 0.914. The summed E-state index contributed by atoms with van der Waals surface area (Å²) in [5.41, 5.74) is 5.66. The first kappa shape index (κ1) is 16.4. The molecule has 4 N–H and O–H groups in total. The fraction of sp³-hybridized carbons (Fsp3) is 0.111. The number of nitrogens with one attached hydrogen (secondary N) is 2. The normalized spacial score (nSPS) is 9.29. The van der Waals surface area contributed by atoms with Crippen molar-refractivity contribution in [1.82, 2.24) is 0 Å². The Kier molecular flexibility index (Phi) is 7.38. The first-order valence-corrected chi connectivity index (χ1v) is 5.95. The Morgan fingerprint density at radius 3 is 2.59 bits per heavy atom. The molecule has 1 aromatic carbocycles. The first-order valence-electron chi connectivity index (χ1n) is 4.21. The van der Waals surface area contributed by atoms with Crippen LogP contribution in [0.15, 0.2) is 18.2 Å². The van der Waals surface area contributed by atoms with E-state index in [1.54, 1.807) is 18.2 Å². The fourth-order valence-corrected chi connectivity index (χ4v) is 1.57. The molecular weight excluding hydrogens is 305 g/mol. The third kappa shape index (κ3) is 6.02. The number of anilines is 1. The van der Waals surface area contributed by atoms with Crippen LogP contribution in [0.5, 0.6) is 0 Å². The van der Waals surface area contributed by atoms with Gasteiger partial charge in [0, 0.05) is 5.69 Å². The molecule has 1 aromatic rings. The van der Waals surface area contributed by atoms with Crippen molar-refractivity contribution in [1.29, 1.82) is 5.41 Å². The molecule has 0 unspecified atom stereocenters. The van der Waals surface area contributed by atoms with Crippen LogP contribution in [0.4, 0.5) is 5.69 Å². The number of nitrogens with two attached hydrogens (primary N) is 1. The Morgan fingerprint density at radius 2 is 2.06 bits per heavy atom. The Balaban J connectivity index is 0.00000256. The number of amidine groups is 1. The standard InChI is InChI=1S/C9H9Cl2N3OS.ClH/c10-6-2-1-5(3-7(6)11)14-8(15)4-16-9(12)13;/h1-3H,4H2,(H3,12,13)(H,14,15);1H. The number of halogens is 3. The van der Waals surface area contributed by atoms with Gasteiger partial charge in [-0.1, -0.05) is 35.0 Å². The molecule has 17 heavy (non-hydrogen) atoms. The molecule has 8 heteroatoms. The Morgan fingerprint density at radius 1 is 1.41 bits per heavy atom. The zero-order valence-corrected chi connectivity index (χ0v) is 11.6. The van der Waals surface area contributed by atoms with E-state index in [1.165, 1.54) is 0 Å². The van der Waals surface area contributed by atoms with Gasteiger partial charge in [-0.05, 0) is 18.2 Å². The van der Waals surface area contributed by atoms with Crippen LogP contribution < -0.4 is 11.1 Å². The lowest BCUT2D eigenvalue weighted by Gasteiger charge is -2.05. The molecule has 0 aliphatic carbocycles. The van der Waals surface area contributed by atoms with E-state index in [0.717, 1.165) is 11.8 Å². The molecule has 0 atom stereocenters. The Hall–Kier alpha value is -0.620. The van der Waals surface area contributed by atoms with Crippen molar-refractivity contribution in [3.8, 4) is 0 Å². The minimum Gasteiger partial charge on any atom is -0.379 e. The van der Waals surface area contributed by atoms with Crippen molar-refractivity contribution in [2.75, 3.05) is 11.1 Å². The lowest BCUT2D eigenvalue weighted by molar-refractivity contribution is -0.113. The smallest absolute Gasteiger partial charge is 0.234 e. The molecule has 4 nitrogen and oxygen atoms in total. The summed E-state index contributed by atoms with van der Waals surface area (Å²) < 4.78 is 0. The summed E-state index contributed by atoms with van der Waals surface area (Å²) in [6.07, 6.45) is 0. The highest BCUT2D eigenvalue weighted by atomic mass is 35.5. The first-order chi connectivity index (χ1) is 7.49. The van der Waals surface area contributed by atoms with E-state index >= 15 is 0 Å². The zero-order valence-electron chi connectivity index (χ0n) is 8.50. The maximum absolute atomic E-state index is 11.4. The van der Waals surface area contributed by atoms with Gasteiger partial charge in [0.25, 0.3) is 0 Å². The third-order valence-electron chi connectivity index (χ3n) is 1.56. The van der Waals surface area contributed by atoms with Crippen molar-refractivity contribution in [2.24, 2.45) is 5.73 Å². The highest BCUT2D eigenvalue weighted by Gasteiger charge is 2.05. The molecule has 0 radical (unpaired) electrons. The van der Waals surface area contributed by atoms with Crippen molar-refractivity contribution in [2.45, 2.75) is 0 Å².